The maximum absolute atomic E-state index is 14.8. The van der Waals surface area contributed by atoms with Gasteiger partial charge >= 0.3 is 0 Å². The summed E-state index contributed by atoms with van der Waals surface area (Å²) in [5.74, 6) is -0.480. The molecule has 0 spiro atoms. The molecule has 10 heteroatoms. The number of hydrogen-bond acceptors (Lipinski definition) is 6. The summed E-state index contributed by atoms with van der Waals surface area (Å²) in [5, 5.41) is 11.6. The van der Waals surface area contributed by atoms with Gasteiger partial charge in [-0.25, -0.2) is 9.37 Å². The van der Waals surface area contributed by atoms with Crippen molar-refractivity contribution in [2.45, 2.75) is 31.7 Å². The maximum atomic E-state index is 14.8. The summed E-state index contributed by atoms with van der Waals surface area (Å²) in [6.45, 7) is 1.94. The first-order valence-corrected chi connectivity index (χ1v) is 11.1. The molecule has 3 heterocycles. The van der Waals surface area contributed by atoms with Gasteiger partial charge in [0, 0.05) is 18.2 Å². The molecule has 176 valence electrons. The van der Waals surface area contributed by atoms with Crippen molar-refractivity contribution in [3.05, 3.63) is 89.4 Å². The van der Waals surface area contributed by atoms with Crippen LogP contribution in [0.3, 0.4) is 0 Å². The van der Waals surface area contributed by atoms with E-state index in [0.29, 0.717) is 35.9 Å². The van der Waals surface area contributed by atoms with Gasteiger partial charge in [-0.3, -0.25) is 19.1 Å². The zero-order valence-electron chi connectivity index (χ0n) is 18.9. The minimum Gasteiger partial charge on any atom is -0.364 e. The lowest BCUT2D eigenvalue weighted by Gasteiger charge is -2.35. The molecule has 0 saturated heterocycles. The Balaban J connectivity index is 1.38. The molecule has 1 saturated carbocycles. The van der Waals surface area contributed by atoms with Crippen LogP contribution in [-0.2, 0) is 0 Å². The highest BCUT2D eigenvalue weighted by molar-refractivity contribution is 5.95. The third-order valence-electron chi connectivity index (χ3n) is 5.99. The van der Waals surface area contributed by atoms with Crippen molar-refractivity contribution in [3.63, 3.8) is 0 Å². The Morgan fingerprint density at radius 2 is 1.80 bits per heavy atom. The SMILES string of the molecule is Cc1ccc(-c2nnc(C3CC(NC(=O)c4cccc(C(N)=O)n4)C3)n2-c2ccccc2F)nc1. The topological polar surface area (TPSA) is 129 Å². The number of halogens is 1. The van der Waals surface area contributed by atoms with E-state index in [1.807, 2.05) is 19.1 Å². The lowest BCUT2D eigenvalue weighted by atomic mass is 9.79. The number of pyridine rings is 2. The molecule has 0 unspecified atom stereocenters. The highest BCUT2D eigenvalue weighted by Crippen LogP contribution is 2.38. The maximum Gasteiger partial charge on any atom is 0.270 e. The Morgan fingerprint density at radius 1 is 1.03 bits per heavy atom. The predicted octanol–water partition coefficient (Wildman–Crippen LogP) is 2.95. The average molecular weight is 471 g/mol. The van der Waals surface area contributed by atoms with Gasteiger partial charge in [0.2, 0.25) is 0 Å². The molecular weight excluding hydrogens is 449 g/mol. The first kappa shape index (κ1) is 22.3. The summed E-state index contributed by atoms with van der Waals surface area (Å²) in [7, 11) is 0. The van der Waals surface area contributed by atoms with E-state index in [-0.39, 0.29) is 23.3 Å². The molecule has 9 nitrogen and oxygen atoms in total. The first-order valence-electron chi connectivity index (χ1n) is 11.1. The van der Waals surface area contributed by atoms with Gasteiger partial charge in [-0.05, 0) is 55.7 Å². The van der Waals surface area contributed by atoms with Gasteiger partial charge in [0.25, 0.3) is 11.8 Å². The number of hydrogen-bond donors (Lipinski definition) is 2. The molecule has 2 amide bonds. The van der Waals surface area contributed by atoms with Crippen molar-refractivity contribution in [2.75, 3.05) is 0 Å². The molecule has 1 fully saturated rings. The Hall–Kier alpha value is -4.47. The number of carbonyl (C=O) groups is 2. The highest BCUT2D eigenvalue weighted by atomic mass is 19.1. The molecule has 3 aromatic heterocycles. The largest absolute Gasteiger partial charge is 0.364 e. The van der Waals surface area contributed by atoms with Crippen molar-refractivity contribution >= 4 is 11.8 Å². The molecule has 0 aliphatic heterocycles. The lowest BCUT2D eigenvalue weighted by Crippen LogP contribution is -2.44. The van der Waals surface area contributed by atoms with E-state index in [9.17, 15) is 14.0 Å². The van der Waals surface area contributed by atoms with Crippen LogP contribution in [0.25, 0.3) is 17.2 Å². The summed E-state index contributed by atoms with van der Waals surface area (Å²) < 4.78 is 16.5. The molecule has 1 aliphatic rings. The summed E-state index contributed by atoms with van der Waals surface area (Å²) in [4.78, 5) is 32.4. The number of nitrogens with zero attached hydrogens (tertiary/aromatic N) is 5. The fourth-order valence-electron chi connectivity index (χ4n) is 4.10. The Labute approximate surface area is 200 Å². The number of nitrogens with two attached hydrogens (primary N) is 1. The Kier molecular flexibility index (Phi) is 5.77. The van der Waals surface area contributed by atoms with Crippen LogP contribution < -0.4 is 11.1 Å². The van der Waals surface area contributed by atoms with E-state index >= 15 is 0 Å². The van der Waals surface area contributed by atoms with E-state index in [1.165, 1.54) is 18.2 Å². The van der Waals surface area contributed by atoms with E-state index in [4.69, 9.17) is 5.73 Å². The number of amides is 2. The molecular formula is C25H22FN7O2. The van der Waals surface area contributed by atoms with Crippen LogP contribution >= 0.6 is 0 Å². The molecule has 0 atom stereocenters. The van der Waals surface area contributed by atoms with Crippen molar-refractivity contribution < 1.29 is 14.0 Å². The monoisotopic (exact) mass is 471 g/mol. The minimum absolute atomic E-state index is 0.0272. The van der Waals surface area contributed by atoms with E-state index in [1.54, 1.807) is 35.0 Å². The van der Waals surface area contributed by atoms with Crippen molar-refractivity contribution in [3.8, 4) is 17.2 Å². The van der Waals surface area contributed by atoms with Gasteiger partial charge in [0.1, 0.15) is 28.7 Å². The Morgan fingerprint density at radius 3 is 2.51 bits per heavy atom. The normalized spacial score (nSPS) is 17.0. The van der Waals surface area contributed by atoms with Gasteiger partial charge in [0.05, 0.1) is 5.69 Å². The molecule has 4 aromatic rings. The van der Waals surface area contributed by atoms with Crippen LogP contribution in [-0.4, -0.2) is 42.6 Å². The van der Waals surface area contributed by atoms with Gasteiger partial charge in [0.15, 0.2) is 5.82 Å². The molecule has 0 radical (unpaired) electrons. The number of carbonyl (C=O) groups excluding carboxylic acids is 2. The summed E-state index contributed by atoms with van der Waals surface area (Å²) in [6, 6.07) is 14.6. The number of aromatic nitrogens is 5. The quantitative estimate of drug-likeness (QED) is 0.445. The zero-order valence-corrected chi connectivity index (χ0v) is 18.9. The van der Waals surface area contributed by atoms with Crippen LogP contribution in [0.2, 0.25) is 0 Å². The van der Waals surface area contributed by atoms with Gasteiger partial charge in [-0.1, -0.05) is 24.3 Å². The van der Waals surface area contributed by atoms with E-state index < -0.39 is 17.6 Å². The average Bonchev–Trinajstić information content (AvgIpc) is 3.26. The molecule has 1 aromatic carbocycles. The Bertz CT molecular complexity index is 1410. The number of benzene rings is 1. The second-order valence-corrected chi connectivity index (χ2v) is 8.50. The first-order chi connectivity index (χ1) is 16.9. The van der Waals surface area contributed by atoms with Gasteiger partial charge in [-0.15, -0.1) is 10.2 Å². The molecule has 3 N–H and O–H groups in total. The van der Waals surface area contributed by atoms with Crippen LogP contribution in [0.4, 0.5) is 4.39 Å². The van der Waals surface area contributed by atoms with E-state index in [0.717, 1.165) is 5.56 Å². The van der Waals surface area contributed by atoms with Crippen LogP contribution in [0.1, 0.15) is 51.1 Å². The smallest absolute Gasteiger partial charge is 0.270 e. The van der Waals surface area contributed by atoms with Crippen molar-refractivity contribution in [2.24, 2.45) is 5.73 Å². The molecule has 35 heavy (non-hydrogen) atoms. The standard InChI is InChI=1S/C25H22FN7O2/c1-14-9-10-19(28-13-14)24-32-31-23(33(24)21-8-3-2-5-17(21)26)15-11-16(12-15)29-25(35)20-7-4-6-18(30-20)22(27)34/h2-10,13,15-16H,11-12H2,1H3,(H2,27,34)(H,29,35). The summed E-state index contributed by atoms with van der Waals surface area (Å²) in [6.07, 6.45) is 2.91. The number of primary amides is 1. The second kappa shape index (κ2) is 9.05. The van der Waals surface area contributed by atoms with E-state index in [2.05, 4.69) is 25.5 Å². The third-order valence-corrected chi connectivity index (χ3v) is 5.99. The fourth-order valence-corrected chi connectivity index (χ4v) is 4.10. The van der Waals surface area contributed by atoms with Crippen LogP contribution in [0, 0.1) is 12.7 Å². The van der Waals surface area contributed by atoms with Crippen molar-refractivity contribution in [1.29, 1.82) is 0 Å². The number of rotatable bonds is 6. The third kappa shape index (κ3) is 4.37. The molecule has 5 rings (SSSR count). The van der Waals surface area contributed by atoms with Crippen molar-refractivity contribution in [1.82, 2.24) is 30.0 Å². The second-order valence-electron chi connectivity index (χ2n) is 8.50. The number of para-hydroxylation sites is 1. The van der Waals surface area contributed by atoms with Crippen LogP contribution in [0.15, 0.2) is 60.8 Å². The fraction of sp³-hybridized carbons (Fsp3) is 0.200. The minimum atomic E-state index is -0.699. The summed E-state index contributed by atoms with van der Waals surface area (Å²) in [5.41, 5.74) is 7.32. The van der Waals surface area contributed by atoms with Gasteiger partial charge < -0.3 is 11.1 Å². The van der Waals surface area contributed by atoms with Crippen LogP contribution in [0.5, 0.6) is 0 Å². The molecule has 1 aliphatic carbocycles. The molecule has 0 bridgehead atoms. The zero-order chi connectivity index (χ0) is 24.5. The lowest BCUT2D eigenvalue weighted by molar-refractivity contribution is 0.0902. The summed E-state index contributed by atoms with van der Waals surface area (Å²) >= 11 is 0. The van der Waals surface area contributed by atoms with Gasteiger partial charge in [-0.2, -0.15) is 0 Å². The number of nitrogens with one attached hydrogen (secondary N) is 1. The predicted molar refractivity (Wildman–Crippen MR) is 125 cm³/mol. The highest BCUT2D eigenvalue weighted by Gasteiger charge is 2.36. The number of aryl methyl sites for hydroxylation is 1.